The van der Waals surface area contributed by atoms with Crippen molar-refractivity contribution < 1.29 is 19.4 Å². The molecule has 0 saturated carbocycles. The van der Waals surface area contributed by atoms with E-state index in [0.29, 0.717) is 12.4 Å². The van der Waals surface area contributed by atoms with Crippen molar-refractivity contribution in [3.8, 4) is 11.5 Å². The Morgan fingerprint density at radius 3 is 2.10 bits per heavy atom. The Hall–Kier alpha value is -3.79. The SMILES string of the molecule is CC(Cc1ccc(OCc2ccccc2)c2ccccc12)(Oc1ccccc1)C(=O)O. The summed E-state index contributed by atoms with van der Waals surface area (Å²) in [6.45, 7) is 2.07. The van der Waals surface area contributed by atoms with Crippen LogP contribution in [0.1, 0.15) is 18.1 Å². The maximum Gasteiger partial charge on any atom is 0.348 e. The first kappa shape index (κ1) is 20.5. The average molecular weight is 412 g/mol. The molecule has 0 aliphatic heterocycles. The fourth-order valence-electron chi connectivity index (χ4n) is 3.62. The normalized spacial score (nSPS) is 12.8. The molecule has 0 radical (unpaired) electrons. The van der Waals surface area contributed by atoms with Crippen molar-refractivity contribution in [2.45, 2.75) is 25.6 Å². The summed E-state index contributed by atoms with van der Waals surface area (Å²) < 4.78 is 12.0. The van der Waals surface area contributed by atoms with Gasteiger partial charge < -0.3 is 14.6 Å². The first-order valence-electron chi connectivity index (χ1n) is 10.2. The zero-order valence-electron chi connectivity index (χ0n) is 17.3. The molecular weight excluding hydrogens is 388 g/mol. The average Bonchev–Trinajstić information content (AvgIpc) is 2.80. The van der Waals surface area contributed by atoms with E-state index in [1.54, 1.807) is 19.1 Å². The topological polar surface area (TPSA) is 55.8 Å². The Bertz CT molecular complexity index is 1170. The fourth-order valence-corrected chi connectivity index (χ4v) is 3.62. The van der Waals surface area contributed by atoms with E-state index in [1.165, 1.54) is 0 Å². The number of para-hydroxylation sites is 1. The largest absolute Gasteiger partial charge is 0.488 e. The lowest BCUT2D eigenvalue weighted by molar-refractivity contribution is -0.153. The van der Waals surface area contributed by atoms with Crippen LogP contribution in [0.5, 0.6) is 11.5 Å². The van der Waals surface area contributed by atoms with Crippen molar-refractivity contribution >= 4 is 16.7 Å². The Morgan fingerprint density at radius 1 is 0.806 bits per heavy atom. The molecule has 0 saturated heterocycles. The van der Waals surface area contributed by atoms with Crippen molar-refractivity contribution in [2.75, 3.05) is 0 Å². The van der Waals surface area contributed by atoms with Crippen LogP contribution in [-0.2, 0) is 17.8 Å². The molecular formula is C27H24O4. The number of carboxylic acids is 1. The van der Waals surface area contributed by atoms with Crippen LogP contribution in [-0.4, -0.2) is 16.7 Å². The van der Waals surface area contributed by atoms with Crippen molar-refractivity contribution in [1.29, 1.82) is 0 Å². The Kier molecular flexibility index (Phi) is 5.89. The molecule has 4 heteroatoms. The highest BCUT2D eigenvalue weighted by atomic mass is 16.5. The number of carbonyl (C=O) groups is 1. The van der Waals surface area contributed by atoms with Gasteiger partial charge in [-0.1, -0.05) is 78.9 Å². The van der Waals surface area contributed by atoms with Crippen molar-refractivity contribution in [3.63, 3.8) is 0 Å². The van der Waals surface area contributed by atoms with Crippen LogP contribution >= 0.6 is 0 Å². The number of rotatable bonds is 8. The molecule has 0 bridgehead atoms. The van der Waals surface area contributed by atoms with Gasteiger partial charge in [0.15, 0.2) is 0 Å². The molecule has 4 aromatic carbocycles. The summed E-state index contributed by atoms with van der Waals surface area (Å²) >= 11 is 0. The Morgan fingerprint density at radius 2 is 1.42 bits per heavy atom. The maximum absolute atomic E-state index is 12.1. The number of ether oxygens (including phenoxy) is 2. The summed E-state index contributed by atoms with van der Waals surface area (Å²) in [7, 11) is 0. The summed E-state index contributed by atoms with van der Waals surface area (Å²) in [6, 6.07) is 30.8. The smallest absolute Gasteiger partial charge is 0.348 e. The lowest BCUT2D eigenvalue weighted by Gasteiger charge is -2.27. The van der Waals surface area contributed by atoms with Gasteiger partial charge in [-0.05, 0) is 41.6 Å². The zero-order valence-corrected chi connectivity index (χ0v) is 17.3. The van der Waals surface area contributed by atoms with Gasteiger partial charge >= 0.3 is 5.97 Å². The van der Waals surface area contributed by atoms with E-state index in [-0.39, 0.29) is 6.42 Å². The second-order valence-corrected chi connectivity index (χ2v) is 7.67. The van der Waals surface area contributed by atoms with E-state index in [1.807, 2.05) is 84.9 Å². The number of hydrogen-bond donors (Lipinski definition) is 1. The molecule has 0 aliphatic carbocycles. The van der Waals surface area contributed by atoms with Crippen LogP contribution in [0.15, 0.2) is 97.1 Å². The highest BCUT2D eigenvalue weighted by molar-refractivity contribution is 5.92. The van der Waals surface area contributed by atoms with Crippen LogP contribution < -0.4 is 9.47 Å². The number of benzene rings is 4. The third-order valence-electron chi connectivity index (χ3n) is 5.28. The summed E-state index contributed by atoms with van der Waals surface area (Å²) in [5, 5.41) is 11.8. The molecule has 1 unspecified atom stereocenters. The van der Waals surface area contributed by atoms with E-state index in [0.717, 1.165) is 27.6 Å². The number of aliphatic carboxylic acids is 1. The zero-order chi connectivity index (χ0) is 21.7. The third-order valence-corrected chi connectivity index (χ3v) is 5.28. The molecule has 4 aromatic rings. The highest BCUT2D eigenvalue weighted by Gasteiger charge is 2.36. The molecule has 0 fully saturated rings. The van der Waals surface area contributed by atoms with E-state index in [4.69, 9.17) is 9.47 Å². The van der Waals surface area contributed by atoms with Crippen molar-refractivity contribution in [3.05, 3.63) is 108 Å². The third kappa shape index (κ3) is 4.69. The molecule has 0 aromatic heterocycles. The Labute approximate surface area is 181 Å². The standard InChI is InChI=1S/C27H24O4/c1-27(26(28)29,31-22-12-6-3-7-13-22)18-21-16-17-25(24-15-9-8-14-23(21)24)30-19-20-10-4-2-5-11-20/h2-17H,18-19H2,1H3,(H,28,29). The van der Waals surface area contributed by atoms with Gasteiger partial charge in [0, 0.05) is 11.8 Å². The van der Waals surface area contributed by atoms with Gasteiger partial charge in [0.2, 0.25) is 5.60 Å². The lowest BCUT2D eigenvalue weighted by Crippen LogP contribution is -2.43. The molecule has 1 N–H and O–H groups in total. The van der Waals surface area contributed by atoms with Crippen LogP contribution in [0.3, 0.4) is 0 Å². The molecule has 0 heterocycles. The number of fused-ring (bicyclic) bond motifs is 1. The fraction of sp³-hybridized carbons (Fsp3) is 0.148. The maximum atomic E-state index is 12.1. The summed E-state index contributed by atoms with van der Waals surface area (Å²) in [5.74, 6) is 0.286. The van der Waals surface area contributed by atoms with Crippen LogP contribution in [0, 0.1) is 0 Å². The van der Waals surface area contributed by atoms with E-state index < -0.39 is 11.6 Å². The van der Waals surface area contributed by atoms with Gasteiger partial charge in [0.05, 0.1) is 0 Å². The van der Waals surface area contributed by atoms with E-state index >= 15 is 0 Å². The van der Waals surface area contributed by atoms with Gasteiger partial charge in [0.25, 0.3) is 0 Å². The van der Waals surface area contributed by atoms with Crippen molar-refractivity contribution in [2.24, 2.45) is 0 Å². The summed E-state index contributed by atoms with van der Waals surface area (Å²) in [5.41, 5.74) is 0.574. The van der Waals surface area contributed by atoms with Gasteiger partial charge in [-0.2, -0.15) is 0 Å². The molecule has 1 atom stereocenters. The second kappa shape index (κ2) is 8.92. The molecule has 0 aliphatic rings. The number of carboxylic acid groups (broad SMARTS) is 1. The van der Waals surface area contributed by atoms with Crippen LogP contribution in [0.4, 0.5) is 0 Å². The quantitative estimate of drug-likeness (QED) is 0.392. The lowest BCUT2D eigenvalue weighted by atomic mass is 9.92. The number of hydrogen-bond acceptors (Lipinski definition) is 3. The monoisotopic (exact) mass is 412 g/mol. The van der Waals surface area contributed by atoms with Gasteiger partial charge in [0.1, 0.15) is 18.1 Å². The predicted octanol–water partition coefficient (Wildman–Crippen LogP) is 5.88. The summed E-state index contributed by atoms with van der Waals surface area (Å²) in [4.78, 5) is 12.1. The van der Waals surface area contributed by atoms with Crippen molar-refractivity contribution in [1.82, 2.24) is 0 Å². The molecule has 0 spiro atoms. The van der Waals surface area contributed by atoms with Crippen LogP contribution in [0.25, 0.3) is 10.8 Å². The minimum absolute atomic E-state index is 0.219. The first-order chi connectivity index (χ1) is 15.0. The van der Waals surface area contributed by atoms with Gasteiger partial charge in [-0.3, -0.25) is 0 Å². The second-order valence-electron chi connectivity index (χ2n) is 7.67. The summed E-state index contributed by atoms with van der Waals surface area (Å²) in [6.07, 6.45) is 0.219. The van der Waals surface area contributed by atoms with Gasteiger partial charge in [-0.15, -0.1) is 0 Å². The highest BCUT2D eigenvalue weighted by Crippen LogP contribution is 2.32. The molecule has 4 rings (SSSR count). The molecule has 156 valence electrons. The predicted molar refractivity (Wildman–Crippen MR) is 122 cm³/mol. The van der Waals surface area contributed by atoms with E-state index in [9.17, 15) is 9.90 Å². The molecule has 4 nitrogen and oxygen atoms in total. The molecule has 31 heavy (non-hydrogen) atoms. The Balaban J connectivity index is 1.64. The molecule has 0 amide bonds. The van der Waals surface area contributed by atoms with Gasteiger partial charge in [-0.25, -0.2) is 4.79 Å². The van der Waals surface area contributed by atoms with E-state index in [2.05, 4.69) is 0 Å². The minimum Gasteiger partial charge on any atom is -0.488 e. The minimum atomic E-state index is -1.41. The van der Waals surface area contributed by atoms with Crippen LogP contribution in [0.2, 0.25) is 0 Å². The first-order valence-corrected chi connectivity index (χ1v) is 10.2.